The highest BCUT2D eigenvalue weighted by Crippen LogP contribution is 2.29. The summed E-state index contributed by atoms with van der Waals surface area (Å²) in [6.45, 7) is 1.30. The first kappa shape index (κ1) is 18.5. The minimum atomic E-state index is -0.00833. The quantitative estimate of drug-likeness (QED) is 0.500. The Hall–Kier alpha value is -3.51. The minimum Gasteiger partial charge on any atom is -0.364 e. The third-order valence-corrected chi connectivity index (χ3v) is 6.11. The summed E-state index contributed by atoms with van der Waals surface area (Å²) in [6.07, 6.45) is 2.54. The van der Waals surface area contributed by atoms with Crippen LogP contribution in [0.3, 0.4) is 0 Å². The van der Waals surface area contributed by atoms with Crippen LogP contribution in [-0.4, -0.2) is 22.4 Å². The fourth-order valence-electron chi connectivity index (χ4n) is 3.61. The zero-order valence-corrected chi connectivity index (χ0v) is 17.1. The molecule has 0 atom stereocenters. The molecule has 4 aromatic rings. The Morgan fingerprint density at radius 1 is 1.03 bits per heavy atom. The summed E-state index contributed by atoms with van der Waals surface area (Å²) in [7, 11) is 0. The van der Waals surface area contributed by atoms with E-state index < -0.39 is 0 Å². The van der Waals surface area contributed by atoms with Crippen molar-refractivity contribution < 1.29 is 4.79 Å². The topological polar surface area (TPSA) is 58.1 Å². The zero-order valence-electron chi connectivity index (χ0n) is 16.3. The highest BCUT2D eigenvalue weighted by Gasteiger charge is 2.25. The molecule has 6 heteroatoms. The average molecular weight is 413 g/mol. The van der Waals surface area contributed by atoms with Crippen LogP contribution in [0.1, 0.15) is 21.6 Å². The summed E-state index contributed by atoms with van der Waals surface area (Å²) in [5, 5.41) is 6.35. The number of hydrogen-bond donors (Lipinski definition) is 1. The van der Waals surface area contributed by atoms with Crippen LogP contribution in [0.4, 0.5) is 11.5 Å². The molecule has 0 unspecified atom stereocenters. The van der Waals surface area contributed by atoms with Gasteiger partial charge in [-0.3, -0.25) is 4.79 Å². The molecule has 30 heavy (non-hydrogen) atoms. The van der Waals surface area contributed by atoms with Gasteiger partial charge in [0.1, 0.15) is 10.8 Å². The van der Waals surface area contributed by atoms with Gasteiger partial charge < -0.3 is 10.2 Å². The number of nitrogens with one attached hydrogen (secondary N) is 1. The van der Waals surface area contributed by atoms with Crippen LogP contribution in [0, 0.1) is 0 Å². The molecule has 1 amide bonds. The summed E-state index contributed by atoms with van der Waals surface area (Å²) in [5.41, 5.74) is 4.91. The lowest BCUT2D eigenvalue weighted by Crippen LogP contribution is -2.28. The molecule has 5 nitrogen and oxygen atoms in total. The van der Waals surface area contributed by atoms with Gasteiger partial charge in [0.25, 0.3) is 5.91 Å². The SMILES string of the molecule is O=C(c1ccc(NCc2csc(-c3ccccc3)n2)nc1)N1CCc2ccccc21. The van der Waals surface area contributed by atoms with Gasteiger partial charge in [0.15, 0.2) is 0 Å². The van der Waals surface area contributed by atoms with Gasteiger partial charge in [0.05, 0.1) is 17.8 Å². The second kappa shape index (κ2) is 8.08. The lowest BCUT2D eigenvalue weighted by Gasteiger charge is -2.17. The Labute approximate surface area is 179 Å². The summed E-state index contributed by atoms with van der Waals surface area (Å²) in [5.74, 6) is 0.716. The van der Waals surface area contributed by atoms with Crippen molar-refractivity contribution in [2.45, 2.75) is 13.0 Å². The van der Waals surface area contributed by atoms with Crippen molar-refractivity contribution in [3.05, 3.63) is 95.1 Å². The Balaban J connectivity index is 1.23. The third-order valence-electron chi connectivity index (χ3n) is 5.17. The van der Waals surface area contributed by atoms with E-state index >= 15 is 0 Å². The smallest absolute Gasteiger partial charge is 0.259 e. The van der Waals surface area contributed by atoms with Gasteiger partial charge in [0, 0.05) is 29.4 Å². The van der Waals surface area contributed by atoms with Gasteiger partial charge in [-0.2, -0.15) is 0 Å². The molecule has 1 N–H and O–H groups in total. The lowest BCUT2D eigenvalue weighted by atomic mass is 10.2. The number of hydrogen-bond acceptors (Lipinski definition) is 5. The predicted octanol–water partition coefficient (Wildman–Crippen LogP) is 5.02. The number of aromatic nitrogens is 2. The largest absolute Gasteiger partial charge is 0.364 e. The van der Waals surface area contributed by atoms with Crippen molar-refractivity contribution in [3.63, 3.8) is 0 Å². The maximum Gasteiger partial charge on any atom is 0.259 e. The lowest BCUT2D eigenvalue weighted by molar-refractivity contribution is 0.0989. The molecule has 0 bridgehead atoms. The number of amides is 1. The highest BCUT2D eigenvalue weighted by atomic mass is 32.1. The Morgan fingerprint density at radius 2 is 1.87 bits per heavy atom. The van der Waals surface area contributed by atoms with Gasteiger partial charge in [0.2, 0.25) is 0 Å². The average Bonchev–Trinajstić information content (AvgIpc) is 3.46. The van der Waals surface area contributed by atoms with Gasteiger partial charge in [-0.1, -0.05) is 48.5 Å². The van der Waals surface area contributed by atoms with Crippen LogP contribution >= 0.6 is 11.3 Å². The number of carbonyl (C=O) groups excluding carboxylic acids is 1. The molecule has 2 aromatic heterocycles. The number of nitrogens with zero attached hydrogens (tertiary/aromatic N) is 3. The number of carbonyl (C=O) groups is 1. The second-order valence-corrected chi connectivity index (χ2v) is 7.99. The van der Waals surface area contributed by atoms with E-state index in [0.29, 0.717) is 18.7 Å². The molecule has 0 fully saturated rings. The summed E-state index contributed by atoms with van der Waals surface area (Å²) in [6, 6.07) is 21.9. The van der Waals surface area contributed by atoms with E-state index in [1.54, 1.807) is 17.5 Å². The Kier molecular flexibility index (Phi) is 4.99. The van der Waals surface area contributed by atoms with Gasteiger partial charge >= 0.3 is 0 Å². The molecular formula is C24H20N4OS. The molecule has 0 saturated heterocycles. The molecule has 1 aliphatic heterocycles. The second-order valence-electron chi connectivity index (χ2n) is 7.13. The number of pyridine rings is 1. The first-order chi connectivity index (χ1) is 14.8. The standard InChI is InChI=1S/C24H20N4OS/c29-24(28-13-12-17-6-4-5-9-21(17)28)19-10-11-22(25-14-19)26-15-20-16-30-23(27-20)18-7-2-1-3-8-18/h1-11,14,16H,12-13,15H2,(H,25,26). The van der Waals surface area contributed by atoms with Crippen molar-refractivity contribution in [1.29, 1.82) is 0 Å². The summed E-state index contributed by atoms with van der Waals surface area (Å²) < 4.78 is 0. The van der Waals surface area contributed by atoms with Crippen molar-refractivity contribution in [2.75, 3.05) is 16.8 Å². The first-order valence-corrected chi connectivity index (χ1v) is 10.8. The Bertz CT molecular complexity index is 1170. The molecular weight excluding hydrogens is 392 g/mol. The fraction of sp³-hybridized carbons (Fsp3) is 0.125. The van der Waals surface area contributed by atoms with E-state index in [9.17, 15) is 4.79 Å². The van der Waals surface area contributed by atoms with E-state index in [1.165, 1.54) is 5.56 Å². The monoisotopic (exact) mass is 412 g/mol. The molecule has 0 radical (unpaired) electrons. The van der Waals surface area contributed by atoms with Crippen molar-refractivity contribution >= 4 is 28.7 Å². The number of benzene rings is 2. The maximum absolute atomic E-state index is 12.9. The minimum absolute atomic E-state index is 0.00833. The van der Waals surface area contributed by atoms with Crippen molar-refractivity contribution in [2.24, 2.45) is 0 Å². The number of fused-ring (bicyclic) bond motifs is 1. The zero-order chi connectivity index (χ0) is 20.3. The van der Waals surface area contributed by atoms with Crippen LogP contribution < -0.4 is 10.2 Å². The highest BCUT2D eigenvalue weighted by molar-refractivity contribution is 7.13. The maximum atomic E-state index is 12.9. The van der Waals surface area contributed by atoms with Crippen LogP contribution in [0.5, 0.6) is 0 Å². The Morgan fingerprint density at radius 3 is 2.70 bits per heavy atom. The first-order valence-electron chi connectivity index (χ1n) is 9.87. The van der Waals surface area contributed by atoms with Crippen molar-refractivity contribution in [1.82, 2.24) is 9.97 Å². The van der Waals surface area contributed by atoms with E-state index in [1.807, 2.05) is 53.4 Å². The van der Waals surface area contributed by atoms with Gasteiger partial charge in [-0.05, 0) is 30.2 Å². The summed E-state index contributed by atoms with van der Waals surface area (Å²) in [4.78, 5) is 23.8. The molecule has 5 rings (SSSR count). The fourth-order valence-corrected chi connectivity index (χ4v) is 4.44. The predicted molar refractivity (Wildman–Crippen MR) is 121 cm³/mol. The van der Waals surface area contributed by atoms with Crippen LogP contribution in [0.15, 0.2) is 78.3 Å². The normalized spacial score (nSPS) is 12.6. The van der Waals surface area contributed by atoms with Crippen molar-refractivity contribution in [3.8, 4) is 10.6 Å². The summed E-state index contributed by atoms with van der Waals surface area (Å²) >= 11 is 1.63. The molecule has 0 aliphatic carbocycles. The molecule has 0 saturated carbocycles. The third kappa shape index (κ3) is 3.69. The van der Waals surface area contributed by atoms with Crippen LogP contribution in [-0.2, 0) is 13.0 Å². The van der Waals surface area contributed by atoms with Crippen LogP contribution in [0.2, 0.25) is 0 Å². The number of anilines is 2. The van der Waals surface area contributed by atoms with Gasteiger partial charge in [-0.25, -0.2) is 9.97 Å². The molecule has 1 aliphatic rings. The number of para-hydroxylation sites is 1. The van der Waals surface area contributed by atoms with E-state index in [0.717, 1.165) is 34.2 Å². The van der Waals surface area contributed by atoms with E-state index in [-0.39, 0.29) is 5.91 Å². The molecule has 148 valence electrons. The van der Waals surface area contributed by atoms with E-state index in [2.05, 4.69) is 38.9 Å². The van der Waals surface area contributed by atoms with Crippen LogP contribution in [0.25, 0.3) is 10.6 Å². The molecule has 2 aromatic carbocycles. The van der Waals surface area contributed by atoms with Gasteiger partial charge in [-0.15, -0.1) is 11.3 Å². The number of rotatable bonds is 5. The molecule has 3 heterocycles. The van der Waals surface area contributed by atoms with E-state index in [4.69, 9.17) is 0 Å². The number of thiazole rings is 1. The molecule has 0 spiro atoms.